The van der Waals surface area contributed by atoms with Crippen molar-refractivity contribution in [2.45, 2.75) is 39.5 Å². The molecule has 0 bridgehead atoms. The minimum atomic E-state index is 0.0118. The number of rotatable bonds is 5. The molecule has 110 valence electrons. The topological polar surface area (TPSA) is 54.0 Å². The van der Waals surface area contributed by atoms with Crippen LogP contribution in [0.2, 0.25) is 0 Å². The van der Waals surface area contributed by atoms with Crippen LogP contribution in [0.5, 0.6) is 0 Å². The van der Waals surface area contributed by atoms with Crippen LogP contribution in [0.4, 0.5) is 5.82 Å². The van der Waals surface area contributed by atoms with E-state index in [1.807, 2.05) is 26.1 Å². The molecule has 2 N–H and O–H groups in total. The Morgan fingerprint density at radius 1 is 1.40 bits per heavy atom. The summed E-state index contributed by atoms with van der Waals surface area (Å²) < 4.78 is 0. The van der Waals surface area contributed by atoms with E-state index in [0.717, 1.165) is 30.4 Å². The van der Waals surface area contributed by atoms with Gasteiger partial charge in [0, 0.05) is 24.8 Å². The molecule has 1 heterocycles. The van der Waals surface area contributed by atoms with Crippen molar-refractivity contribution in [2.75, 3.05) is 18.9 Å². The molecule has 2 unspecified atom stereocenters. The first-order chi connectivity index (χ1) is 9.63. The van der Waals surface area contributed by atoms with Crippen LogP contribution in [-0.2, 0) is 6.42 Å². The lowest BCUT2D eigenvalue weighted by Crippen LogP contribution is -2.30. The minimum Gasteiger partial charge on any atom is -0.373 e. The minimum absolute atomic E-state index is 0.0118. The van der Waals surface area contributed by atoms with Crippen molar-refractivity contribution >= 4 is 11.7 Å². The molecule has 1 aliphatic carbocycles. The van der Waals surface area contributed by atoms with Gasteiger partial charge in [-0.1, -0.05) is 26.7 Å². The number of anilines is 1. The van der Waals surface area contributed by atoms with Crippen molar-refractivity contribution < 1.29 is 4.79 Å². The summed E-state index contributed by atoms with van der Waals surface area (Å²) in [5, 5.41) is 6.09. The fourth-order valence-corrected chi connectivity index (χ4v) is 2.88. The number of nitrogens with one attached hydrogen (secondary N) is 2. The summed E-state index contributed by atoms with van der Waals surface area (Å²) in [4.78, 5) is 16.7. The monoisotopic (exact) mass is 275 g/mol. The van der Waals surface area contributed by atoms with Crippen LogP contribution in [0.25, 0.3) is 0 Å². The van der Waals surface area contributed by atoms with Crippen LogP contribution < -0.4 is 10.6 Å². The van der Waals surface area contributed by atoms with Gasteiger partial charge in [-0.15, -0.1) is 0 Å². The zero-order chi connectivity index (χ0) is 14.5. The van der Waals surface area contributed by atoms with Crippen LogP contribution in [0, 0.1) is 11.8 Å². The lowest BCUT2D eigenvalue weighted by molar-refractivity contribution is 0.0944. The molecule has 4 nitrogen and oxygen atoms in total. The summed E-state index contributed by atoms with van der Waals surface area (Å²) in [5.41, 5.74) is 1.64. The number of carbonyl (C=O) groups is 1. The number of amides is 1. The van der Waals surface area contributed by atoms with Crippen molar-refractivity contribution in [1.82, 2.24) is 10.3 Å². The molecule has 0 aliphatic heterocycles. The highest BCUT2D eigenvalue weighted by Crippen LogP contribution is 2.30. The molecule has 1 aliphatic rings. The van der Waals surface area contributed by atoms with Gasteiger partial charge in [-0.3, -0.25) is 4.79 Å². The third-order valence-corrected chi connectivity index (χ3v) is 4.32. The third-order valence-electron chi connectivity index (χ3n) is 4.32. The second kappa shape index (κ2) is 6.73. The maximum atomic E-state index is 12.3. The van der Waals surface area contributed by atoms with E-state index in [0.29, 0.717) is 11.5 Å². The second-order valence-corrected chi connectivity index (χ2v) is 5.71. The van der Waals surface area contributed by atoms with Crippen molar-refractivity contribution in [1.29, 1.82) is 0 Å². The lowest BCUT2D eigenvalue weighted by Gasteiger charge is -2.16. The Bertz CT molecular complexity index is 451. The Balaban J connectivity index is 2.01. The zero-order valence-corrected chi connectivity index (χ0v) is 12.7. The van der Waals surface area contributed by atoms with Crippen LogP contribution >= 0.6 is 0 Å². The van der Waals surface area contributed by atoms with Gasteiger partial charge in [0.25, 0.3) is 5.91 Å². The molecule has 0 aromatic carbocycles. The Labute approximate surface area is 121 Å². The fraction of sp³-hybridized carbons (Fsp3) is 0.625. The Hall–Kier alpha value is -1.58. The van der Waals surface area contributed by atoms with Gasteiger partial charge in [-0.25, -0.2) is 4.98 Å². The van der Waals surface area contributed by atoms with Gasteiger partial charge in [0.2, 0.25) is 0 Å². The zero-order valence-electron chi connectivity index (χ0n) is 12.7. The summed E-state index contributed by atoms with van der Waals surface area (Å²) in [7, 11) is 1.82. The van der Waals surface area contributed by atoms with Crippen molar-refractivity contribution in [3.05, 3.63) is 23.4 Å². The Morgan fingerprint density at radius 2 is 2.20 bits per heavy atom. The first-order valence-electron chi connectivity index (χ1n) is 7.61. The largest absolute Gasteiger partial charge is 0.373 e. The second-order valence-electron chi connectivity index (χ2n) is 5.71. The highest BCUT2D eigenvalue weighted by atomic mass is 16.1. The highest BCUT2D eigenvalue weighted by Gasteiger charge is 2.23. The molecule has 1 aromatic rings. The SMILES string of the molecule is CCc1cc(C(=O)NCC2CCCC2C)cc(NC)n1. The molecule has 0 saturated heterocycles. The van der Waals surface area contributed by atoms with E-state index >= 15 is 0 Å². The van der Waals surface area contributed by atoms with Gasteiger partial charge in [0.15, 0.2) is 0 Å². The Morgan fingerprint density at radius 3 is 2.80 bits per heavy atom. The summed E-state index contributed by atoms with van der Waals surface area (Å²) in [5.74, 6) is 2.13. The van der Waals surface area contributed by atoms with E-state index in [2.05, 4.69) is 22.5 Å². The maximum absolute atomic E-state index is 12.3. The Kier molecular flexibility index (Phi) is 4.99. The smallest absolute Gasteiger partial charge is 0.251 e. The number of hydrogen-bond donors (Lipinski definition) is 2. The molecule has 20 heavy (non-hydrogen) atoms. The van der Waals surface area contributed by atoms with Gasteiger partial charge in [0.1, 0.15) is 5.82 Å². The normalized spacial score (nSPS) is 21.8. The predicted octanol–water partition coefficient (Wildman–Crippen LogP) is 2.85. The fourth-order valence-electron chi connectivity index (χ4n) is 2.88. The van der Waals surface area contributed by atoms with Gasteiger partial charge in [0.05, 0.1) is 0 Å². The number of pyridine rings is 1. The summed E-state index contributed by atoms with van der Waals surface area (Å²) in [6.07, 6.45) is 4.65. The van der Waals surface area contributed by atoms with Crippen LogP contribution in [-0.4, -0.2) is 24.5 Å². The molecule has 2 rings (SSSR count). The van der Waals surface area contributed by atoms with Gasteiger partial charge in [-0.2, -0.15) is 0 Å². The molecule has 2 atom stereocenters. The van der Waals surface area contributed by atoms with E-state index in [1.54, 1.807) is 0 Å². The van der Waals surface area contributed by atoms with Gasteiger partial charge < -0.3 is 10.6 Å². The molecule has 1 saturated carbocycles. The van der Waals surface area contributed by atoms with Crippen LogP contribution in [0.15, 0.2) is 12.1 Å². The van der Waals surface area contributed by atoms with E-state index in [4.69, 9.17) is 0 Å². The van der Waals surface area contributed by atoms with Crippen molar-refractivity contribution in [2.24, 2.45) is 11.8 Å². The molecule has 0 spiro atoms. The summed E-state index contributed by atoms with van der Waals surface area (Å²) >= 11 is 0. The lowest BCUT2D eigenvalue weighted by atomic mass is 9.98. The highest BCUT2D eigenvalue weighted by molar-refractivity contribution is 5.95. The van der Waals surface area contributed by atoms with Crippen molar-refractivity contribution in [3.8, 4) is 0 Å². The average Bonchev–Trinajstić information content (AvgIpc) is 2.89. The number of aryl methyl sites for hydroxylation is 1. The van der Waals surface area contributed by atoms with Gasteiger partial charge in [-0.05, 0) is 36.8 Å². The van der Waals surface area contributed by atoms with E-state index in [9.17, 15) is 4.79 Å². The standard InChI is InChI=1S/C16H25N3O/c1-4-14-8-13(9-15(17-3)19-14)16(20)18-10-12-7-5-6-11(12)2/h8-9,11-12H,4-7,10H2,1-3H3,(H,17,19)(H,18,20). The van der Waals surface area contributed by atoms with Crippen LogP contribution in [0.3, 0.4) is 0 Å². The number of hydrogen-bond acceptors (Lipinski definition) is 3. The number of carbonyl (C=O) groups excluding carboxylic acids is 1. The quantitative estimate of drug-likeness (QED) is 0.869. The number of nitrogens with zero attached hydrogens (tertiary/aromatic N) is 1. The summed E-state index contributed by atoms with van der Waals surface area (Å²) in [6.45, 7) is 5.12. The molecule has 1 amide bonds. The third kappa shape index (κ3) is 3.50. The molecular weight excluding hydrogens is 250 g/mol. The van der Waals surface area contributed by atoms with Crippen molar-refractivity contribution in [3.63, 3.8) is 0 Å². The van der Waals surface area contributed by atoms with E-state index in [1.165, 1.54) is 19.3 Å². The van der Waals surface area contributed by atoms with Gasteiger partial charge >= 0.3 is 0 Å². The number of aromatic nitrogens is 1. The first-order valence-corrected chi connectivity index (χ1v) is 7.61. The van der Waals surface area contributed by atoms with E-state index < -0.39 is 0 Å². The summed E-state index contributed by atoms with van der Waals surface area (Å²) in [6, 6.07) is 3.70. The molecular formula is C16H25N3O. The maximum Gasteiger partial charge on any atom is 0.251 e. The van der Waals surface area contributed by atoms with E-state index in [-0.39, 0.29) is 5.91 Å². The molecule has 1 fully saturated rings. The molecule has 0 radical (unpaired) electrons. The first kappa shape index (κ1) is 14.8. The predicted molar refractivity (Wildman–Crippen MR) is 82.0 cm³/mol. The molecule has 1 aromatic heterocycles. The average molecular weight is 275 g/mol. The molecule has 4 heteroatoms. The van der Waals surface area contributed by atoms with Crippen LogP contribution in [0.1, 0.15) is 49.2 Å².